The number of hydrogen-bond donors (Lipinski definition) is 3. The molecule has 0 unspecified atom stereocenters. The van der Waals surface area contributed by atoms with Crippen LogP contribution in [0.4, 0.5) is 5.69 Å². The molecule has 34 heavy (non-hydrogen) atoms. The van der Waals surface area contributed by atoms with E-state index in [4.69, 9.17) is 4.74 Å². The number of aromatic nitrogens is 1. The van der Waals surface area contributed by atoms with Crippen molar-refractivity contribution in [2.45, 2.75) is 12.3 Å². The molecule has 174 valence electrons. The van der Waals surface area contributed by atoms with Crippen molar-refractivity contribution >= 4 is 40.6 Å². The second kappa shape index (κ2) is 8.75. The van der Waals surface area contributed by atoms with E-state index in [-0.39, 0.29) is 30.0 Å². The zero-order chi connectivity index (χ0) is 23.8. The third kappa shape index (κ3) is 4.17. The highest BCUT2D eigenvalue weighted by molar-refractivity contribution is 6.19. The van der Waals surface area contributed by atoms with Gasteiger partial charge in [0, 0.05) is 34.6 Å². The summed E-state index contributed by atoms with van der Waals surface area (Å²) in [6, 6.07) is 13.3. The number of carbonyl (C=O) groups excluding carboxylic acids is 3. The summed E-state index contributed by atoms with van der Waals surface area (Å²) in [5, 5.41) is 7.44. The zero-order valence-electron chi connectivity index (χ0n) is 18.9. The van der Waals surface area contributed by atoms with Crippen molar-refractivity contribution in [1.29, 1.82) is 0 Å². The number of amides is 2. The lowest BCUT2D eigenvalue weighted by Gasteiger charge is -2.09. The van der Waals surface area contributed by atoms with E-state index in [2.05, 4.69) is 20.8 Å². The number of esters is 1. The fraction of sp³-hybridized carbons (Fsp3) is 0.280. The molecule has 1 aliphatic heterocycles. The number of anilines is 1. The summed E-state index contributed by atoms with van der Waals surface area (Å²) < 4.78 is 5.38. The second-order valence-corrected chi connectivity index (χ2v) is 8.85. The van der Waals surface area contributed by atoms with Gasteiger partial charge >= 0.3 is 5.97 Å². The van der Waals surface area contributed by atoms with Crippen LogP contribution in [0.5, 0.6) is 0 Å². The molecule has 5 rings (SSSR count). The fourth-order valence-electron chi connectivity index (χ4n) is 4.30. The molecule has 0 spiro atoms. The number of hydrazone groups is 1. The number of ether oxygens (including phenoxy) is 1. The Morgan fingerprint density at radius 1 is 1.21 bits per heavy atom. The van der Waals surface area contributed by atoms with E-state index in [9.17, 15) is 14.4 Å². The van der Waals surface area contributed by atoms with Gasteiger partial charge in [0.05, 0.1) is 11.8 Å². The maximum absolute atomic E-state index is 12.9. The molecule has 1 aromatic heterocycles. The molecule has 2 aromatic carbocycles. The first-order chi connectivity index (χ1) is 16.4. The van der Waals surface area contributed by atoms with Crippen LogP contribution in [0.1, 0.15) is 44.3 Å². The first-order valence-electron chi connectivity index (χ1n) is 11.1. The number of nitrogens with one attached hydrogen (secondary N) is 3. The molecule has 1 fully saturated rings. The quantitative estimate of drug-likeness (QED) is 0.470. The van der Waals surface area contributed by atoms with Crippen molar-refractivity contribution in [2.75, 3.05) is 32.6 Å². The van der Waals surface area contributed by atoms with Crippen molar-refractivity contribution < 1.29 is 19.1 Å². The molecule has 2 atom stereocenters. The third-order valence-electron chi connectivity index (χ3n) is 6.14. The number of aromatic amines is 1. The zero-order valence-corrected chi connectivity index (χ0v) is 18.9. The Kier molecular flexibility index (Phi) is 5.62. The van der Waals surface area contributed by atoms with Gasteiger partial charge < -0.3 is 19.9 Å². The molecule has 2 aliphatic rings. The van der Waals surface area contributed by atoms with Gasteiger partial charge in [0.15, 0.2) is 0 Å². The molecule has 2 amide bonds. The van der Waals surface area contributed by atoms with E-state index in [1.807, 2.05) is 49.3 Å². The lowest BCUT2D eigenvalue weighted by atomic mass is 10.0. The van der Waals surface area contributed by atoms with Gasteiger partial charge in [0.1, 0.15) is 12.3 Å². The van der Waals surface area contributed by atoms with Crippen LogP contribution < -0.4 is 10.7 Å². The van der Waals surface area contributed by atoms with Crippen LogP contribution in [0.15, 0.2) is 47.6 Å². The predicted molar refractivity (Wildman–Crippen MR) is 128 cm³/mol. The highest BCUT2D eigenvalue weighted by Gasteiger charge is 2.43. The second-order valence-electron chi connectivity index (χ2n) is 8.85. The molecule has 3 N–H and O–H groups in total. The maximum Gasteiger partial charge on any atom is 0.355 e. The van der Waals surface area contributed by atoms with Crippen LogP contribution in [0.3, 0.4) is 0 Å². The Balaban J connectivity index is 1.42. The topological polar surface area (TPSA) is 116 Å². The summed E-state index contributed by atoms with van der Waals surface area (Å²) >= 11 is 0. The van der Waals surface area contributed by atoms with Crippen LogP contribution in [-0.4, -0.2) is 61.1 Å². The Bertz CT molecular complexity index is 1310. The summed E-state index contributed by atoms with van der Waals surface area (Å²) in [5.74, 6) is -0.967. The molecule has 1 saturated carbocycles. The van der Waals surface area contributed by atoms with E-state index < -0.39 is 11.9 Å². The highest BCUT2D eigenvalue weighted by Crippen LogP contribution is 2.48. The van der Waals surface area contributed by atoms with E-state index in [1.54, 1.807) is 12.1 Å². The van der Waals surface area contributed by atoms with Gasteiger partial charge in [-0.2, -0.15) is 5.10 Å². The van der Waals surface area contributed by atoms with E-state index >= 15 is 0 Å². The van der Waals surface area contributed by atoms with E-state index in [0.29, 0.717) is 34.3 Å². The summed E-state index contributed by atoms with van der Waals surface area (Å²) in [4.78, 5) is 43.3. The number of hydrogen-bond acceptors (Lipinski definition) is 6. The molecule has 0 radical (unpaired) electrons. The minimum Gasteiger partial charge on any atom is -0.460 e. The van der Waals surface area contributed by atoms with Crippen molar-refractivity contribution in [3.05, 3.63) is 64.8 Å². The molecule has 9 heteroatoms. The van der Waals surface area contributed by atoms with Crippen molar-refractivity contribution in [3.63, 3.8) is 0 Å². The van der Waals surface area contributed by atoms with Gasteiger partial charge in [-0.15, -0.1) is 0 Å². The van der Waals surface area contributed by atoms with Crippen LogP contribution in [0.2, 0.25) is 0 Å². The van der Waals surface area contributed by atoms with Gasteiger partial charge in [-0.25, -0.2) is 10.2 Å². The molecule has 0 bridgehead atoms. The highest BCUT2D eigenvalue weighted by atomic mass is 16.5. The fourth-order valence-corrected chi connectivity index (χ4v) is 4.30. The number of likely N-dealkylation sites (N-methyl/N-ethyl adjacent to an activating group) is 1. The van der Waals surface area contributed by atoms with E-state index in [1.165, 1.54) is 6.21 Å². The molecular weight excluding hydrogens is 434 g/mol. The number of carbonyl (C=O) groups is 3. The Labute approximate surface area is 196 Å². The average Bonchev–Trinajstić information content (AvgIpc) is 3.56. The first-order valence-corrected chi connectivity index (χ1v) is 11.1. The number of benzene rings is 2. The Morgan fingerprint density at radius 3 is 2.76 bits per heavy atom. The summed E-state index contributed by atoms with van der Waals surface area (Å²) in [6.45, 7) is 0.815. The summed E-state index contributed by atoms with van der Waals surface area (Å²) in [6.07, 6.45) is 2.22. The number of rotatable bonds is 7. The third-order valence-corrected chi connectivity index (χ3v) is 6.14. The van der Waals surface area contributed by atoms with Gasteiger partial charge in [0.25, 0.3) is 5.91 Å². The molecule has 0 saturated heterocycles. The smallest absolute Gasteiger partial charge is 0.355 e. The van der Waals surface area contributed by atoms with Crippen molar-refractivity contribution in [3.8, 4) is 0 Å². The number of nitrogens with zero attached hydrogens (tertiary/aromatic N) is 2. The average molecular weight is 460 g/mol. The molecule has 3 aromatic rings. The van der Waals surface area contributed by atoms with Crippen LogP contribution in [0, 0.1) is 5.92 Å². The van der Waals surface area contributed by atoms with Gasteiger partial charge in [-0.3, -0.25) is 9.59 Å². The van der Waals surface area contributed by atoms with Crippen LogP contribution in [0.25, 0.3) is 10.9 Å². The lowest BCUT2D eigenvalue weighted by molar-refractivity contribution is -0.117. The van der Waals surface area contributed by atoms with Gasteiger partial charge in [0.2, 0.25) is 5.91 Å². The largest absolute Gasteiger partial charge is 0.460 e. The molecular formula is C25H25N5O4. The van der Waals surface area contributed by atoms with Gasteiger partial charge in [-0.1, -0.05) is 30.3 Å². The van der Waals surface area contributed by atoms with Crippen molar-refractivity contribution in [1.82, 2.24) is 15.3 Å². The van der Waals surface area contributed by atoms with Crippen molar-refractivity contribution in [2.24, 2.45) is 11.0 Å². The number of H-pyrrole nitrogens is 1. The summed E-state index contributed by atoms with van der Waals surface area (Å²) in [5.41, 5.74) is 5.62. The first kappa shape index (κ1) is 21.8. The molecule has 1 aliphatic carbocycles. The monoisotopic (exact) mass is 459 g/mol. The standard InChI is InChI=1S/C25H25N5O4/c1-30(2)8-9-34-25(33)22-19-13-26-29-24(32)18-10-15(11-20(28-22)21(18)19)27-23(31)17-12-16(17)14-6-4-3-5-7-14/h3-7,10-11,13,16-17,28H,8-9,12H2,1-2H3,(H,27,31)(H,29,32)/t16-,17+/m0/s1. The minimum atomic E-state index is -0.533. The van der Waals surface area contributed by atoms with Crippen LogP contribution >= 0.6 is 0 Å². The summed E-state index contributed by atoms with van der Waals surface area (Å²) in [7, 11) is 3.78. The van der Waals surface area contributed by atoms with Crippen LogP contribution in [-0.2, 0) is 9.53 Å². The van der Waals surface area contributed by atoms with Gasteiger partial charge in [-0.05, 0) is 44.1 Å². The lowest BCUT2D eigenvalue weighted by Crippen LogP contribution is -2.20. The maximum atomic E-state index is 12.9. The minimum absolute atomic E-state index is 0.0965. The molecule has 9 nitrogen and oxygen atoms in total. The molecule has 2 heterocycles. The Morgan fingerprint density at radius 2 is 2.00 bits per heavy atom. The normalized spacial score (nSPS) is 18.5. The Hall–Kier alpha value is -3.98. The van der Waals surface area contributed by atoms with E-state index in [0.717, 1.165) is 12.0 Å². The predicted octanol–water partition coefficient (Wildman–Crippen LogP) is 2.71. The SMILES string of the molecule is CN(C)CCOC(=O)c1[nH]c2cc(NC(=O)[C@@H]3C[C@H]3c3ccccc3)cc3c2c1C=NNC3=O.